The third kappa shape index (κ3) is 4.85. The highest BCUT2D eigenvalue weighted by Gasteiger charge is 2.17. The van der Waals surface area contributed by atoms with Crippen molar-refractivity contribution in [3.63, 3.8) is 0 Å². The van der Waals surface area contributed by atoms with Crippen LogP contribution in [0.5, 0.6) is 5.75 Å². The molecule has 26 heavy (non-hydrogen) atoms. The molecule has 1 fully saturated rings. The zero-order valence-corrected chi connectivity index (χ0v) is 14.8. The molecular weight excluding hydrogens is 362 g/mol. The molecular formula is C19H19ClF2N2O2. The lowest BCUT2D eigenvalue weighted by Crippen LogP contribution is -2.21. The minimum absolute atomic E-state index is 0.0651. The van der Waals surface area contributed by atoms with Crippen LogP contribution in [-0.4, -0.2) is 25.6 Å². The number of hydrogen-bond donors (Lipinski definition) is 1. The van der Waals surface area contributed by atoms with Crippen LogP contribution in [0.3, 0.4) is 0 Å². The maximum Gasteiger partial charge on any atom is 0.387 e. The number of rotatable bonds is 6. The fourth-order valence-corrected chi connectivity index (χ4v) is 3.18. The molecule has 0 spiro atoms. The predicted octanol–water partition coefficient (Wildman–Crippen LogP) is 4.72. The number of benzene rings is 2. The molecule has 2 aromatic rings. The summed E-state index contributed by atoms with van der Waals surface area (Å²) < 4.78 is 28.6. The summed E-state index contributed by atoms with van der Waals surface area (Å²) in [5.41, 5.74) is 2.34. The van der Waals surface area contributed by atoms with E-state index in [4.69, 9.17) is 11.6 Å². The van der Waals surface area contributed by atoms with Gasteiger partial charge in [0.2, 0.25) is 5.91 Å². The van der Waals surface area contributed by atoms with Crippen LogP contribution in [0, 0.1) is 0 Å². The molecule has 0 radical (unpaired) electrons. The van der Waals surface area contributed by atoms with Gasteiger partial charge < -0.3 is 15.0 Å². The minimum Gasteiger partial charge on any atom is -0.435 e. The van der Waals surface area contributed by atoms with Crippen molar-refractivity contribution in [2.45, 2.75) is 25.9 Å². The van der Waals surface area contributed by atoms with Crippen molar-refractivity contribution in [1.29, 1.82) is 0 Å². The summed E-state index contributed by atoms with van der Waals surface area (Å²) in [7, 11) is 0. The first-order valence-corrected chi connectivity index (χ1v) is 8.77. The molecule has 0 saturated carbocycles. The average Bonchev–Trinajstić information content (AvgIpc) is 3.10. The van der Waals surface area contributed by atoms with Crippen LogP contribution in [-0.2, 0) is 11.2 Å². The number of carbonyl (C=O) groups is 1. The number of nitrogens with one attached hydrogen (secondary N) is 1. The molecule has 4 nitrogen and oxygen atoms in total. The van der Waals surface area contributed by atoms with Crippen LogP contribution in [0.1, 0.15) is 18.4 Å². The fourth-order valence-electron chi connectivity index (χ4n) is 3.01. The van der Waals surface area contributed by atoms with Gasteiger partial charge in [0, 0.05) is 18.1 Å². The van der Waals surface area contributed by atoms with Gasteiger partial charge >= 0.3 is 6.61 Å². The molecule has 138 valence electrons. The first kappa shape index (κ1) is 18.5. The third-order valence-corrected chi connectivity index (χ3v) is 4.43. The Morgan fingerprint density at radius 3 is 2.50 bits per heavy atom. The second-order valence-corrected chi connectivity index (χ2v) is 6.54. The highest BCUT2D eigenvalue weighted by Crippen LogP contribution is 2.31. The van der Waals surface area contributed by atoms with E-state index in [-0.39, 0.29) is 18.1 Å². The summed E-state index contributed by atoms with van der Waals surface area (Å²) in [6.07, 6.45) is 2.38. The third-order valence-electron chi connectivity index (χ3n) is 4.19. The highest BCUT2D eigenvalue weighted by molar-refractivity contribution is 6.31. The molecule has 1 saturated heterocycles. The number of amides is 1. The molecule has 1 amide bonds. The van der Waals surface area contributed by atoms with Gasteiger partial charge in [-0.05, 0) is 48.7 Å². The maximum absolute atomic E-state index is 12.4. The largest absolute Gasteiger partial charge is 0.435 e. The molecule has 1 aliphatic heterocycles. The van der Waals surface area contributed by atoms with Crippen LogP contribution in [0.15, 0.2) is 42.5 Å². The SMILES string of the molecule is O=C(Cc1ccc(OC(F)F)cc1)Nc1cc(Cl)ccc1N1CCCC1. The molecule has 7 heteroatoms. The highest BCUT2D eigenvalue weighted by atomic mass is 35.5. The minimum atomic E-state index is -2.86. The Kier molecular flexibility index (Phi) is 5.93. The number of nitrogens with zero attached hydrogens (tertiary/aromatic N) is 1. The van der Waals surface area contributed by atoms with Crippen LogP contribution in [0.2, 0.25) is 5.02 Å². The Hall–Kier alpha value is -2.34. The molecule has 2 aromatic carbocycles. The van der Waals surface area contributed by atoms with Crippen molar-refractivity contribution in [3.05, 3.63) is 53.1 Å². The summed E-state index contributed by atoms with van der Waals surface area (Å²) in [6, 6.07) is 11.5. The van der Waals surface area contributed by atoms with E-state index in [1.807, 2.05) is 12.1 Å². The number of hydrogen-bond acceptors (Lipinski definition) is 3. The van der Waals surface area contributed by atoms with Crippen LogP contribution in [0.25, 0.3) is 0 Å². The Bertz CT molecular complexity index is 763. The lowest BCUT2D eigenvalue weighted by Gasteiger charge is -2.22. The first-order valence-electron chi connectivity index (χ1n) is 8.39. The Balaban J connectivity index is 1.67. The predicted molar refractivity (Wildman–Crippen MR) is 98.3 cm³/mol. The van der Waals surface area contributed by atoms with E-state index in [1.54, 1.807) is 18.2 Å². The van der Waals surface area contributed by atoms with Gasteiger partial charge in [0.15, 0.2) is 0 Å². The number of carbonyl (C=O) groups excluding carboxylic acids is 1. The number of anilines is 2. The zero-order chi connectivity index (χ0) is 18.5. The summed E-state index contributed by atoms with van der Waals surface area (Å²) in [4.78, 5) is 14.6. The van der Waals surface area contributed by atoms with Crippen LogP contribution in [0.4, 0.5) is 20.2 Å². The lowest BCUT2D eigenvalue weighted by molar-refractivity contribution is -0.115. The average molecular weight is 381 g/mol. The number of halogens is 3. The Morgan fingerprint density at radius 1 is 1.15 bits per heavy atom. The standard InChI is InChI=1S/C19H19ClF2N2O2/c20-14-5-8-17(24-9-1-2-10-24)16(12-14)23-18(25)11-13-3-6-15(7-4-13)26-19(21)22/h3-8,12,19H,1-2,9-11H2,(H,23,25). The Morgan fingerprint density at radius 2 is 1.85 bits per heavy atom. The smallest absolute Gasteiger partial charge is 0.387 e. The van der Waals surface area contributed by atoms with E-state index >= 15 is 0 Å². The topological polar surface area (TPSA) is 41.6 Å². The van der Waals surface area contributed by atoms with Gasteiger partial charge in [-0.3, -0.25) is 4.79 Å². The first-order chi connectivity index (χ1) is 12.5. The van der Waals surface area contributed by atoms with Crippen LogP contribution >= 0.6 is 11.6 Å². The number of ether oxygens (including phenoxy) is 1. The van der Waals surface area contributed by atoms with Gasteiger partial charge in [0.25, 0.3) is 0 Å². The van der Waals surface area contributed by atoms with Gasteiger partial charge in [0.05, 0.1) is 17.8 Å². The van der Waals surface area contributed by atoms with Crippen molar-refractivity contribution in [3.8, 4) is 5.75 Å². The van der Waals surface area contributed by atoms with E-state index in [9.17, 15) is 13.6 Å². The summed E-state index contributed by atoms with van der Waals surface area (Å²) in [5, 5.41) is 3.46. The van der Waals surface area contributed by atoms with Gasteiger partial charge in [-0.25, -0.2) is 0 Å². The number of alkyl halides is 2. The van der Waals surface area contributed by atoms with E-state index in [1.165, 1.54) is 12.1 Å². The second-order valence-electron chi connectivity index (χ2n) is 6.10. The maximum atomic E-state index is 12.4. The fraction of sp³-hybridized carbons (Fsp3) is 0.316. The van der Waals surface area contributed by atoms with E-state index in [0.717, 1.165) is 31.6 Å². The normalized spacial score (nSPS) is 13.9. The van der Waals surface area contributed by atoms with E-state index in [2.05, 4.69) is 15.0 Å². The molecule has 1 N–H and O–H groups in total. The van der Waals surface area contributed by atoms with Crippen molar-refractivity contribution in [2.75, 3.05) is 23.3 Å². The molecule has 0 unspecified atom stereocenters. The quantitative estimate of drug-likeness (QED) is 0.788. The van der Waals surface area contributed by atoms with Crippen molar-refractivity contribution in [2.24, 2.45) is 0 Å². The van der Waals surface area contributed by atoms with E-state index < -0.39 is 6.61 Å². The van der Waals surface area contributed by atoms with Crippen molar-refractivity contribution < 1.29 is 18.3 Å². The monoisotopic (exact) mass is 380 g/mol. The molecule has 3 rings (SSSR count). The molecule has 0 aliphatic carbocycles. The van der Waals surface area contributed by atoms with Crippen LogP contribution < -0.4 is 15.0 Å². The van der Waals surface area contributed by atoms with Crippen molar-refractivity contribution >= 4 is 28.9 Å². The van der Waals surface area contributed by atoms with Gasteiger partial charge in [-0.15, -0.1) is 0 Å². The van der Waals surface area contributed by atoms with Gasteiger partial charge in [0.1, 0.15) is 5.75 Å². The van der Waals surface area contributed by atoms with E-state index in [0.29, 0.717) is 16.3 Å². The molecule has 0 aromatic heterocycles. The summed E-state index contributed by atoms with van der Waals surface area (Å²) in [5.74, 6) is -0.134. The van der Waals surface area contributed by atoms with Gasteiger partial charge in [-0.2, -0.15) is 8.78 Å². The lowest BCUT2D eigenvalue weighted by atomic mass is 10.1. The van der Waals surface area contributed by atoms with Gasteiger partial charge in [-0.1, -0.05) is 23.7 Å². The second kappa shape index (κ2) is 8.36. The Labute approximate surface area is 155 Å². The summed E-state index contributed by atoms with van der Waals surface area (Å²) in [6.45, 7) is -0.956. The molecule has 0 atom stereocenters. The molecule has 0 bridgehead atoms. The van der Waals surface area contributed by atoms with Crippen molar-refractivity contribution in [1.82, 2.24) is 0 Å². The summed E-state index contributed by atoms with van der Waals surface area (Å²) >= 11 is 6.08. The zero-order valence-electron chi connectivity index (χ0n) is 14.1. The molecule has 1 aliphatic rings. The molecule has 1 heterocycles.